The molecule has 2 unspecified atom stereocenters. The number of halogens is 2. The highest BCUT2D eigenvalue weighted by Crippen LogP contribution is 2.32. The predicted molar refractivity (Wildman–Crippen MR) is 466 cm³/mol. The molecule has 0 spiro atoms. The summed E-state index contributed by atoms with van der Waals surface area (Å²) in [4.78, 5) is 51.0. The van der Waals surface area contributed by atoms with Crippen molar-refractivity contribution in [2.45, 2.75) is 235 Å². The van der Waals surface area contributed by atoms with Crippen LogP contribution in [0.3, 0.4) is 0 Å². The van der Waals surface area contributed by atoms with Gasteiger partial charge < -0.3 is 24.5 Å². The van der Waals surface area contributed by atoms with Gasteiger partial charge >= 0.3 is 0 Å². The number of piperidine rings is 1. The van der Waals surface area contributed by atoms with E-state index in [1.54, 1.807) is 0 Å². The van der Waals surface area contributed by atoms with Crippen molar-refractivity contribution in [1.29, 1.82) is 5.26 Å². The first-order valence-electron chi connectivity index (χ1n) is 43.1. The summed E-state index contributed by atoms with van der Waals surface area (Å²) in [6.07, 6.45) is 4.73. The van der Waals surface area contributed by atoms with Gasteiger partial charge in [-0.3, -0.25) is 58.7 Å². The fourth-order valence-electron chi connectivity index (χ4n) is 16.0. The molecular weight excluding hydrogens is 1390 g/mol. The van der Waals surface area contributed by atoms with Gasteiger partial charge in [-0.25, -0.2) is 8.78 Å². The van der Waals surface area contributed by atoms with Gasteiger partial charge in [0.05, 0.1) is 18.7 Å². The van der Waals surface area contributed by atoms with E-state index < -0.39 is 0 Å². The smallest absolute Gasteiger partial charge is 0.236 e. The second kappa shape index (κ2) is 47.3. The SMILES string of the molecule is CC(C)N1CCN(C(C)(C)C)CC1.CC(C)N1CCN(C(c2ccc(F)cc2)c2ccc(F)cc2)CC1.CC(C)N1CCN(C)CC1c1ccccc1.CC(C)N1CCN(CCC#N)CC1.CN(C)C1CCN(C(C)(C)C)C1.CN1CCC(N2CCN(C(C)(C)C)CC2)CC1.CN1CCN(C(=O)CN(C)C(C)(C)C)CC1. The maximum atomic E-state index is 13.3. The van der Waals surface area contributed by atoms with Crippen molar-refractivity contribution >= 4 is 5.91 Å². The molecule has 1 amide bonds. The van der Waals surface area contributed by atoms with Crippen molar-refractivity contribution in [1.82, 2.24) is 78.4 Å². The number of likely N-dealkylation sites (tertiary alicyclic amines) is 2. The molecule has 8 aliphatic rings. The van der Waals surface area contributed by atoms with E-state index in [1.807, 2.05) is 36.2 Å². The van der Waals surface area contributed by atoms with Crippen LogP contribution in [-0.2, 0) is 4.79 Å². The summed E-state index contributed by atoms with van der Waals surface area (Å²) in [5.74, 6) is -0.215. The zero-order chi connectivity index (χ0) is 82.6. The molecule has 18 nitrogen and oxygen atoms in total. The van der Waals surface area contributed by atoms with Crippen LogP contribution in [0.1, 0.15) is 193 Å². The Morgan fingerprint density at radius 1 is 0.459 bits per heavy atom. The molecule has 11 rings (SSSR count). The van der Waals surface area contributed by atoms with E-state index in [1.165, 1.54) is 141 Å². The molecule has 0 aliphatic carbocycles. The fraction of sp³-hybridized carbons (Fsp3) is 0.780. The van der Waals surface area contributed by atoms with Crippen LogP contribution in [0.15, 0.2) is 78.9 Å². The number of carbonyl (C=O) groups is 1. The van der Waals surface area contributed by atoms with Gasteiger partial charge in [-0.05, 0) is 254 Å². The molecule has 8 heterocycles. The summed E-state index contributed by atoms with van der Waals surface area (Å²) < 4.78 is 26.6. The van der Waals surface area contributed by atoms with Gasteiger partial charge in [-0.1, -0.05) is 54.6 Å². The Bertz CT molecular complexity index is 2960. The predicted octanol–water partition coefficient (Wildman–Crippen LogP) is 12.6. The average molecular weight is 1550 g/mol. The monoisotopic (exact) mass is 1550 g/mol. The van der Waals surface area contributed by atoms with Crippen molar-refractivity contribution in [2.24, 2.45) is 0 Å². The number of piperazine rings is 6. The van der Waals surface area contributed by atoms with Crippen molar-refractivity contribution in [3.8, 4) is 6.07 Å². The third-order valence-corrected chi connectivity index (χ3v) is 24.6. The topological polar surface area (TPSA) is 92.7 Å². The number of benzene rings is 3. The van der Waals surface area contributed by atoms with Crippen LogP contribution in [0.4, 0.5) is 8.78 Å². The third-order valence-electron chi connectivity index (χ3n) is 24.6. The summed E-state index contributed by atoms with van der Waals surface area (Å²) in [6.45, 7) is 77.4. The molecule has 0 radical (unpaired) electrons. The van der Waals surface area contributed by atoms with Crippen LogP contribution in [0, 0.1) is 23.0 Å². The van der Waals surface area contributed by atoms with E-state index in [9.17, 15) is 13.6 Å². The van der Waals surface area contributed by atoms with Crippen molar-refractivity contribution in [3.05, 3.63) is 107 Å². The minimum Gasteiger partial charge on any atom is -0.339 e. The Kier molecular flexibility index (Phi) is 41.5. The van der Waals surface area contributed by atoms with Gasteiger partial charge in [-0.15, -0.1) is 0 Å². The van der Waals surface area contributed by atoms with E-state index >= 15 is 0 Å². The number of nitrogens with zero attached hydrogens (tertiary/aromatic N) is 17. The second-order valence-electron chi connectivity index (χ2n) is 38.3. The van der Waals surface area contributed by atoms with Gasteiger partial charge in [0.15, 0.2) is 0 Å². The normalized spacial score (nSPS) is 22.1. The van der Waals surface area contributed by atoms with E-state index in [-0.39, 0.29) is 29.1 Å². The highest BCUT2D eigenvalue weighted by molar-refractivity contribution is 5.78. The molecular formula is C91H165F2N17O. The molecule has 20 heteroatoms. The number of hydrogen-bond acceptors (Lipinski definition) is 17. The lowest BCUT2D eigenvalue weighted by Gasteiger charge is -2.46. The number of likely N-dealkylation sites (N-methyl/N-ethyl adjacent to an activating group) is 4. The van der Waals surface area contributed by atoms with Gasteiger partial charge in [0.1, 0.15) is 11.6 Å². The molecule has 3 aromatic carbocycles. The summed E-state index contributed by atoms with van der Waals surface area (Å²) in [5, 5.41) is 8.45. The molecule has 8 fully saturated rings. The maximum Gasteiger partial charge on any atom is 0.236 e. The van der Waals surface area contributed by atoms with Gasteiger partial charge in [-0.2, -0.15) is 5.26 Å². The Morgan fingerprint density at radius 2 is 0.874 bits per heavy atom. The Hall–Kier alpha value is -4.12. The first-order valence-corrected chi connectivity index (χ1v) is 43.1. The minimum atomic E-state index is -0.235. The standard InChI is InChI=1S/C20H24F2N2.C14H29N3.C14H22N2.C12H25N3O.C11H24N2.C10H19N3.C10H22N2/c1-15(2)23-11-13-24(14-12-23)20(16-3-7-18(21)8-4-16)17-5-9-19(22)10-6-17;1-14(2,3)17-11-9-16(10-12-17)13-5-7-15(4)8-6-13;1-12(2)16-10-9-15(3)11-14(16)13-7-5-4-6-8-13;1-12(2,3)14(5)10-11(16)15-8-6-13(4)7-9-15;1-10(2)12-6-8-13(9-7-12)11(3,4)5;1-10(2)13-8-6-12(7-9-13)5-3-4-11;1-10(2,3)12-7-6-9(8-12)11(4)5/h3-10,15,20H,11-14H2,1-2H3;13H,5-12H2,1-4H3;4-8,12,14H,9-11H2,1-3H3;6-10H2,1-5H3;10H,6-9H2,1-5H3;10H,3,5-9H2,1-2H3;9H,6-8H2,1-5H3. The highest BCUT2D eigenvalue weighted by Gasteiger charge is 2.35. The summed E-state index contributed by atoms with van der Waals surface area (Å²) in [5.41, 5.74) is 4.64. The molecule has 111 heavy (non-hydrogen) atoms. The Morgan fingerprint density at radius 3 is 1.27 bits per heavy atom. The first-order chi connectivity index (χ1) is 52.0. The van der Waals surface area contributed by atoms with Crippen LogP contribution < -0.4 is 0 Å². The average Bonchev–Trinajstić information content (AvgIpc) is 1.53. The fourth-order valence-corrected chi connectivity index (χ4v) is 16.0. The molecule has 0 bridgehead atoms. The van der Waals surface area contributed by atoms with E-state index in [0.717, 1.165) is 115 Å². The summed E-state index contributed by atoms with van der Waals surface area (Å²) >= 11 is 0. The number of amides is 1. The molecule has 0 saturated carbocycles. The number of carbonyl (C=O) groups excluding carboxylic acids is 1. The molecule has 634 valence electrons. The summed E-state index contributed by atoms with van der Waals surface area (Å²) in [6, 6.07) is 31.1. The van der Waals surface area contributed by atoms with Crippen LogP contribution >= 0.6 is 0 Å². The zero-order valence-electron chi connectivity index (χ0n) is 75.7. The second-order valence-corrected chi connectivity index (χ2v) is 38.3. The number of rotatable bonds is 14. The highest BCUT2D eigenvalue weighted by atomic mass is 19.1. The quantitative estimate of drug-likeness (QED) is 0.153. The van der Waals surface area contributed by atoms with Gasteiger partial charge in [0.2, 0.25) is 5.91 Å². The largest absolute Gasteiger partial charge is 0.339 e. The Balaban J connectivity index is 0.000000235. The van der Waals surface area contributed by atoms with E-state index in [4.69, 9.17) is 5.26 Å². The molecule has 8 saturated heterocycles. The van der Waals surface area contributed by atoms with E-state index in [2.05, 4.69) is 284 Å². The minimum absolute atomic E-state index is 0.0283. The van der Waals surface area contributed by atoms with E-state index in [0.29, 0.717) is 59.8 Å². The zero-order valence-corrected chi connectivity index (χ0v) is 75.7. The Labute approximate surface area is 679 Å². The van der Waals surface area contributed by atoms with Crippen LogP contribution in [0.5, 0.6) is 0 Å². The maximum absolute atomic E-state index is 13.3. The molecule has 2 atom stereocenters. The lowest BCUT2D eigenvalue weighted by molar-refractivity contribution is -0.134. The van der Waals surface area contributed by atoms with Crippen LogP contribution in [-0.4, -0.2) is 375 Å². The molecule has 8 aliphatic heterocycles. The first kappa shape index (κ1) is 97.5. The lowest BCUT2D eigenvalue weighted by Crippen LogP contribution is -2.56. The van der Waals surface area contributed by atoms with Crippen molar-refractivity contribution < 1.29 is 13.6 Å². The van der Waals surface area contributed by atoms with Gasteiger partial charge in [0.25, 0.3) is 0 Å². The molecule has 0 aromatic heterocycles. The van der Waals surface area contributed by atoms with Crippen molar-refractivity contribution in [3.63, 3.8) is 0 Å². The number of nitriles is 1. The van der Waals surface area contributed by atoms with Gasteiger partial charge in [0, 0.05) is 241 Å². The molecule has 3 aromatic rings. The van der Waals surface area contributed by atoms with Crippen molar-refractivity contribution in [2.75, 3.05) is 232 Å². The lowest BCUT2D eigenvalue weighted by atomic mass is 9.96. The third kappa shape index (κ3) is 34.5. The van der Waals surface area contributed by atoms with Crippen LogP contribution in [0.2, 0.25) is 0 Å². The van der Waals surface area contributed by atoms with Crippen LogP contribution in [0.25, 0.3) is 0 Å². The summed E-state index contributed by atoms with van der Waals surface area (Å²) in [7, 11) is 12.9. The number of hydrogen-bond donors (Lipinski definition) is 0. The molecule has 0 N–H and O–H groups in total.